The molecule has 3 aromatic heterocycles. The van der Waals surface area contributed by atoms with Gasteiger partial charge in [-0.3, -0.25) is 0 Å². The fourth-order valence-electron chi connectivity index (χ4n) is 4.37. The second-order valence-electron chi connectivity index (χ2n) is 7.91. The molecule has 2 aliphatic rings. The first kappa shape index (κ1) is 18.6. The van der Waals surface area contributed by atoms with Crippen molar-refractivity contribution in [2.75, 3.05) is 24.1 Å². The second kappa shape index (κ2) is 6.56. The normalized spacial score (nSPS) is 19.6. The number of nitrogens with one attached hydrogen (secondary N) is 2. The van der Waals surface area contributed by atoms with Crippen LogP contribution in [0.25, 0.3) is 16.2 Å². The van der Waals surface area contributed by atoms with Gasteiger partial charge in [0.25, 0.3) is 0 Å². The number of aromatic nitrogens is 4. The predicted molar refractivity (Wildman–Crippen MR) is 105 cm³/mol. The molecule has 29 heavy (non-hydrogen) atoms. The standard InChI is InChI=1S/C18H20F3N7S/c19-18(20,21)12-5-10(8-24-14(12)22)13-9-28-16(26-13)29-15(27-28)25-11-6-17(7-11)1-3-23-4-2-17/h5,8-9,11,23H,1-4,6-7H2,(H2,22,24)(H,25,27). The van der Waals surface area contributed by atoms with Crippen LogP contribution < -0.4 is 16.4 Å². The average Bonchev–Trinajstić information content (AvgIpc) is 3.19. The van der Waals surface area contributed by atoms with Crippen molar-refractivity contribution >= 4 is 27.2 Å². The van der Waals surface area contributed by atoms with Crippen molar-refractivity contribution in [3.05, 3.63) is 24.0 Å². The van der Waals surface area contributed by atoms with Gasteiger partial charge in [0, 0.05) is 17.8 Å². The zero-order valence-electron chi connectivity index (χ0n) is 15.5. The van der Waals surface area contributed by atoms with Crippen molar-refractivity contribution in [2.45, 2.75) is 37.9 Å². The van der Waals surface area contributed by atoms with Gasteiger partial charge in [-0.2, -0.15) is 13.2 Å². The van der Waals surface area contributed by atoms with Gasteiger partial charge in [0.1, 0.15) is 5.82 Å². The zero-order valence-corrected chi connectivity index (χ0v) is 16.3. The molecule has 0 radical (unpaired) electrons. The number of hydrogen-bond acceptors (Lipinski definition) is 7. The summed E-state index contributed by atoms with van der Waals surface area (Å²) in [5.41, 5.74) is 5.52. The topological polar surface area (TPSA) is 93.2 Å². The molecule has 0 unspecified atom stereocenters. The molecule has 4 heterocycles. The molecule has 4 N–H and O–H groups in total. The van der Waals surface area contributed by atoms with Crippen molar-refractivity contribution in [1.82, 2.24) is 24.9 Å². The minimum absolute atomic E-state index is 0.255. The molecule has 0 aromatic carbocycles. The van der Waals surface area contributed by atoms with Crippen LogP contribution in [0.4, 0.5) is 24.1 Å². The molecule has 1 aliphatic heterocycles. The maximum atomic E-state index is 13.1. The Bertz CT molecular complexity index is 1010. The van der Waals surface area contributed by atoms with Crippen LogP contribution in [0.15, 0.2) is 18.5 Å². The number of alkyl halides is 3. The van der Waals surface area contributed by atoms with Gasteiger partial charge in [0.15, 0.2) is 0 Å². The zero-order chi connectivity index (χ0) is 20.2. The first-order chi connectivity index (χ1) is 13.8. The van der Waals surface area contributed by atoms with E-state index in [0.29, 0.717) is 22.1 Å². The van der Waals surface area contributed by atoms with Gasteiger partial charge in [-0.15, -0.1) is 5.10 Å². The Balaban J connectivity index is 1.31. The first-order valence-electron chi connectivity index (χ1n) is 9.48. The lowest BCUT2D eigenvalue weighted by molar-refractivity contribution is -0.137. The molecule has 5 rings (SSSR count). The van der Waals surface area contributed by atoms with E-state index in [-0.39, 0.29) is 5.56 Å². The van der Waals surface area contributed by atoms with Crippen LogP contribution in [0.5, 0.6) is 0 Å². The third-order valence-corrected chi connectivity index (χ3v) is 6.77. The highest BCUT2D eigenvalue weighted by Gasteiger charge is 2.44. The van der Waals surface area contributed by atoms with E-state index in [0.717, 1.165) is 37.1 Å². The molecule has 1 saturated heterocycles. The van der Waals surface area contributed by atoms with Crippen LogP contribution in [0.3, 0.4) is 0 Å². The first-order valence-corrected chi connectivity index (χ1v) is 10.3. The summed E-state index contributed by atoms with van der Waals surface area (Å²) < 4.78 is 40.8. The number of hydrogen-bond donors (Lipinski definition) is 3. The molecule has 0 atom stereocenters. The summed E-state index contributed by atoms with van der Waals surface area (Å²) in [6.07, 6.45) is 3.10. The fourth-order valence-corrected chi connectivity index (χ4v) is 5.23. The van der Waals surface area contributed by atoms with Gasteiger partial charge >= 0.3 is 6.18 Å². The van der Waals surface area contributed by atoms with Crippen LogP contribution in [0.2, 0.25) is 0 Å². The number of nitrogens with two attached hydrogens (primary N) is 1. The highest BCUT2D eigenvalue weighted by Crippen LogP contribution is 2.49. The van der Waals surface area contributed by atoms with Gasteiger partial charge in [0.2, 0.25) is 10.1 Å². The third kappa shape index (κ3) is 3.42. The Labute approximate surface area is 168 Å². The highest BCUT2D eigenvalue weighted by molar-refractivity contribution is 7.20. The molecule has 1 spiro atoms. The van der Waals surface area contributed by atoms with Crippen molar-refractivity contribution in [1.29, 1.82) is 0 Å². The molecule has 0 bridgehead atoms. The average molecular weight is 423 g/mol. The SMILES string of the molecule is Nc1ncc(-c2cn3nc(NC4CC5(CCNCC5)C4)sc3n2)cc1C(F)(F)F. The van der Waals surface area contributed by atoms with E-state index in [9.17, 15) is 13.2 Å². The Morgan fingerprint density at radius 2 is 2.03 bits per heavy atom. The number of fused-ring (bicyclic) bond motifs is 1. The largest absolute Gasteiger partial charge is 0.419 e. The summed E-state index contributed by atoms with van der Waals surface area (Å²) in [7, 11) is 0. The maximum absolute atomic E-state index is 13.1. The number of pyridine rings is 1. The molecular formula is C18H20F3N7S. The molecule has 7 nitrogen and oxygen atoms in total. The summed E-state index contributed by atoms with van der Waals surface area (Å²) in [5, 5.41) is 12.1. The van der Waals surface area contributed by atoms with Crippen LogP contribution in [-0.4, -0.2) is 38.7 Å². The number of anilines is 2. The van der Waals surface area contributed by atoms with Crippen LogP contribution in [-0.2, 0) is 6.18 Å². The number of nitrogen functional groups attached to an aromatic ring is 1. The molecule has 1 aliphatic carbocycles. The fraction of sp³-hybridized carbons (Fsp3) is 0.500. The third-order valence-electron chi connectivity index (χ3n) is 5.91. The van der Waals surface area contributed by atoms with Crippen LogP contribution >= 0.6 is 11.3 Å². The van der Waals surface area contributed by atoms with E-state index in [2.05, 4.69) is 25.7 Å². The number of halogens is 3. The van der Waals surface area contributed by atoms with Gasteiger partial charge in [-0.25, -0.2) is 14.5 Å². The lowest BCUT2D eigenvalue weighted by Crippen LogP contribution is -2.50. The molecule has 11 heteroatoms. The summed E-state index contributed by atoms with van der Waals surface area (Å²) >= 11 is 1.39. The summed E-state index contributed by atoms with van der Waals surface area (Å²) in [6.45, 7) is 2.19. The van der Waals surface area contributed by atoms with Crippen molar-refractivity contribution in [2.24, 2.45) is 5.41 Å². The smallest absolute Gasteiger partial charge is 0.383 e. The number of piperidine rings is 1. The molecule has 0 amide bonds. The molecular weight excluding hydrogens is 403 g/mol. The van der Waals surface area contributed by atoms with E-state index in [1.165, 1.54) is 30.4 Å². The Kier molecular flexibility index (Phi) is 4.21. The lowest BCUT2D eigenvalue weighted by atomic mass is 9.61. The Morgan fingerprint density at radius 1 is 1.28 bits per heavy atom. The minimum atomic E-state index is -4.56. The summed E-state index contributed by atoms with van der Waals surface area (Å²) in [5.74, 6) is -0.543. The number of imidazole rings is 1. The molecule has 2 fully saturated rings. The second-order valence-corrected chi connectivity index (χ2v) is 8.87. The Morgan fingerprint density at radius 3 is 2.72 bits per heavy atom. The van der Waals surface area contributed by atoms with E-state index in [1.807, 2.05) is 0 Å². The van der Waals surface area contributed by atoms with Gasteiger partial charge < -0.3 is 16.4 Å². The minimum Gasteiger partial charge on any atom is -0.383 e. The van der Waals surface area contributed by atoms with Crippen LogP contribution in [0.1, 0.15) is 31.2 Å². The van der Waals surface area contributed by atoms with E-state index >= 15 is 0 Å². The van der Waals surface area contributed by atoms with Crippen molar-refractivity contribution in [3.63, 3.8) is 0 Å². The van der Waals surface area contributed by atoms with Gasteiger partial charge in [-0.1, -0.05) is 11.3 Å². The van der Waals surface area contributed by atoms with E-state index < -0.39 is 17.6 Å². The summed E-state index contributed by atoms with van der Waals surface area (Å²) in [4.78, 5) is 8.70. The van der Waals surface area contributed by atoms with Crippen molar-refractivity contribution < 1.29 is 13.2 Å². The molecule has 1 saturated carbocycles. The number of rotatable bonds is 3. The Hall–Kier alpha value is -2.40. The lowest BCUT2D eigenvalue weighted by Gasteiger charge is -2.50. The maximum Gasteiger partial charge on any atom is 0.419 e. The van der Waals surface area contributed by atoms with E-state index in [4.69, 9.17) is 5.73 Å². The summed E-state index contributed by atoms with van der Waals surface area (Å²) in [6, 6.07) is 1.39. The molecule has 3 aromatic rings. The predicted octanol–water partition coefficient (Wildman–Crippen LogP) is 3.40. The van der Waals surface area contributed by atoms with Gasteiger partial charge in [-0.05, 0) is 50.3 Å². The monoisotopic (exact) mass is 423 g/mol. The quantitative estimate of drug-likeness (QED) is 0.598. The van der Waals surface area contributed by atoms with Crippen molar-refractivity contribution in [3.8, 4) is 11.3 Å². The van der Waals surface area contributed by atoms with Crippen LogP contribution in [0, 0.1) is 5.41 Å². The van der Waals surface area contributed by atoms with E-state index in [1.54, 1.807) is 10.7 Å². The van der Waals surface area contributed by atoms with Gasteiger partial charge in [0.05, 0.1) is 17.5 Å². The molecule has 154 valence electrons. The number of nitrogens with zero attached hydrogens (tertiary/aromatic N) is 4. The highest BCUT2D eigenvalue weighted by atomic mass is 32.1.